The molecule has 0 spiro atoms. The first-order chi connectivity index (χ1) is 12.5. The molecule has 0 N–H and O–H groups in total. The van der Waals surface area contributed by atoms with Crippen molar-refractivity contribution in [2.75, 3.05) is 32.2 Å². The molecule has 1 heterocycles. The summed E-state index contributed by atoms with van der Waals surface area (Å²) in [5.74, 6) is 2.05. The van der Waals surface area contributed by atoms with Crippen LogP contribution < -0.4 is 14.4 Å². The molecule has 0 bridgehead atoms. The van der Waals surface area contributed by atoms with Crippen molar-refractivity contribution >= 4 is 5.69 Å². The van der Waals surface area contributed by atoms with Gasteiger partial charge in [-0.15, -0.1) is 0 Å². The zero-order chi connectivity index (χ0) is 19.3. The maximum Gasteiger partial charge on any atom is 0.241 e. The predicted molar refractivity (Wildman–Crippen MR) is 108 cm³/mol. The molecule has 0 aliphatic heterocycles. The van der Waals surface area contributed by atoms with Gasteiger partial charge in [-0.25, -0.2) is 4.98 Å². The lowest BCUT2D eigenvalue weighted by molar-refractivity contribution is 0.395. The van der Waals surface area contributed by atoms with Gasteiger partial charge in [0.2, 0.25) is 5.88 Å². The van der Waals surface area contributed by atoms with Gasteiger partial charge in [0.05, 0.1) is 25.5 Å². The summed E-state index contributed by atoms with van der Waals surface area (Å²) in [7, 11) is 3.35. The lowest BCUT2D eigenvalue weighted by atomic mass is 10.0. The Kier molecular flexibility index (Phi) is 6.83. The minimum atomic E-state index is 0.622. The van der Waals surface area contributed by atoms with Crippen molar-refractivity contribution in [2.45, 2.75) is 47.5 Å². The third kappa shape index (κ3) is 4.09. The highest BCUT2D eigenvalue weighted by molar-refractivity contribution is 5.72. The van der Waals surface area contributed by atoms with E-state index in [4.69, 9.17) is 19.4 Å². The van der Waals surface area contributed by atoms with E-state index in [1.807, 2.05) is 13.0 Å². The Morgan fingerprint density at radius 1 is 0.923 bits per heavy atom. The monoisotopic (exact) mass is 357 g/mol. The quantitative estimate of drug-likeness (QED) is 0.684. The number of hydrogen-bond donors (Lipinski definition) is 0. The number of aryl methyl sites for hydroxylation is 3. The van der Waals surface area contributed by atoms with Gasteiger partial charge in [-0.1, -0.05) is 19.9 Å². The molecule has 0 aliphatic carbocycles. The fourth-order valence-corrected chi connectivity index (χ4v) is 3.41. The smallest absolute Gasteiger partial charge is 0.241 e. The molecular weight excluding hydrogens is 326 g/mol. The van der Waals surface area contributed by atoms with Crippen LogP contribution in [0, 0.1) is 20.8 Å². The highest BCUT2D eigenvalue weighted by Crippen LogP contribution is 2.37. The van der Waals surface area contributed by atoms with E-state index < -0.39 is 0 Å². The van der Waals surface area contributed by atoms with E-state index in [-0.39, 0.29) is 0 Å². The van der Waals surface area contributed by atoms with Crippen LogP contribution in [0.5, 0.6) is 11.6 Å². The fraction of sp³-hybridized carbons (Fsp3) is 0.524. The molecule has 0 atom stereocenters. The number of methoxy groups -OCH3 is 2. The maximum atomic E-state index is 5.67. The van der Waals surface area contributed by atoms with Crippen LogP contribution in [0.25, 0.3) is 11.4 Å². The van der Waals surface area contributed by atoms with Gasteiger partial charge in [-0.2, -0.15) is 4.98 Å². The van der Waals surface area contributed by atoms with E-state index in [0.29, 0.717) is 11.7 Å². The summed E-state index contributed by atoms with van der Waals surface area (Å²) in [6.07, 6.45) is 2.13. The summed E-state index contributed by atoms with van der Waals surface area (Å²) in [5.41, 5.74) is 5.08. The van der Waals surface area contributed by atoms with Gasteiger partial charge in [-0.3, -0.25) is 0 Å². The highest BCUT2D eigenvalue weighted by Gasteiger charge is 2.21. The normalized spacial score (nSPS) is 10.7. The van der Waals surface area contributed by atoms with Crippen LogP contribution in [0.4, 0.5) is 5.69 Å². The number of rotatable bonds is 8. The lowest BCUT2D eigenvalue weighted by Crippen LogP contribution is -2.27. The Labute approximate surface area is 157 Å². The second-order valence-electron chi connectivity index (χ2n) is 6.64. The molecule has 142 valence electrons. The van der Waals surface area contributed by atoms with Crippen molar-refractivity contribution in [3.05, 3.63) is 29.0 Å². The third-order valence-corrected chi connectivity index (χ3v) is 4.41. The molecule has 5 nitrogen and oxygen atoms in total. The number of aromatic nitrogens is 2. The van der Waals surface area contributed by atoms with Gasteiger partial charge in [-0.05, 0) is 50.8 Å². The van der Waals surface area contributed by atoms with Gasteiger partial charge in [0.15, 0.2) is 5.82 Å². The molecule has 26 heavy (non-hydrogen) atoms. The molecular formula is C21H31N3O2. The van der Waals surface area contributed by atoms with E-state index in [1.54, 1.807) is 14.2 Å². The van der Waals surface area contributed by atoms with E-state index >= 15 is 0 Å². The molecule has 0 saturated heterocycles. The third-order valence-electron chi connectivity index (χ3n) is 4.41. The van der Waals surface area contributed by atoms with Crippen LogP contribution in [0.2, 0.25) is 0 Å². The van der Waals surface area contributed by atoms with Gasteiger partial charge < -0.3 is 14.4 Å². The van der Waals surface area contributed by atoms with E-state index in [1.165, 1.54) is 0 Å². The average molecular weight is 357 g/mol. The molecule has 2 aromatic rings. The highest BCUT2D eigenvalue weighted by atomic mass is 16.5. The zero-order valence-electron chi connectivity index (χ0n) is 17.1. The predicted octanol–water partition coefficient (Wildman–Crippen LogP) is 4.71. The first-order valence-electron chi connectivity index (χ1n) is 9.29. The Balaban J connectivity index is 2.63. The van der Waals surface area contributed by atoms with Crippen LogP contribution in [0.1, 0.15) is 43.5 Å². The molecule has 1 aromatic heterocycles. The fourth-order valence-electron chi connectivity index (χ4n) is 3.41. The Morgan fingerprint density at radius 2 is 1.58 bits per heavy atom. The average Bonchev–Trinajstić information content (AvgIpc) is 2.60. The van der Waals surface area contributed by atoms with Crippen molar-refractivity contribution in [2.24, 2.45) is 0 Å². The molecule has 0 aliphatic rings. The number of nitrogens with zero attached hydrogens (tertiary/aromatic N) is 3. The number of anilines is 1. The van der Waals surface area contributed by atoms with Crippen LogP contribution in [-0.4, -0.2) is 37.3 Å². The zero-order valence-corrected chi connectivity index (χ0v) is 17.1. The van der Waals surface area contributed by atoms with Crippen LogP contribution in [-0.2, 0) is 0 Å². The first-order valence-corrected chi connectivity index (χ1v) is 9.29. The Hall–Kier alpha value is -2.30. The minimum Gasteiger partial charge on any atom is -0.496 e. The summed E-state index contributed by atoms with van der Waals surface area (Å²) < 4.78 is 11.3. The second kappa shape index (κ2) is 8.88. The van der Waals surface area contributed by atoms with E-state index in [2.05, 4.69) is 38.7 Å². The molecule has 0 fully saturated rings. The van der Waals surface area contributed by atoms with Crippen LogP contribution in [0.3, 0.4) is 0 Å². The minimum absolute atomic E-state index is 0.622. The summed E-state index contributed by atoms with van der Waals surface area (Å²) in [6.45, 7) is 12.4. The SMILES string of the molecule is CCCN(CCC)c1c(C)nc(-c2c(C)cc(C)cc2OC)nc1OC. The molecule has 1 aromatic carbocycles. The lowest BCUT2D eigenvalue weighted by Gasteiger charge is -2.26. The first kappa shape index (κ1) is 20.0. The van der Waals surface area contributed by atoms with Crippen LogP contribution in [0.15, 0.2) is 12.1 Å². The maximum absolute atomic E-state index is 5.67. The summed E-state index contributed by atoms with van der Waals surface area (Å²) in [4.78, 5) is 11.9. The molecule has 0 amide bonds. The van der Waals surface area contributed by atoms with Crippen molar-refractivity contribution in [3.63, 3.8) is 0 Å². The van der Waals surface area contributed by atoms with Crippen molar-refractivity contribution in [1.29, 1.82) is 0 Å². The van der Waals surface area contributed by atoms with E-state index in [0.717, 1.165) is 59.8 Å². The summed E-state index contributed by atoms with van der Waals surface area (Å²) >= 11 is 0. The molecule has 0 radical (unpaired) electrons. The molecule has 5 heteroatoms. The number of ether oxygens (including phenoxy) is 2. The van der Waals surface area contributed by atoms with Crippen molar-refractivity contribution in [3.8, 4) is 23.0 Å². The Morgan fingerprint density at radius 3 is 2.12 bits per heavy atom. The Bertz CT molecular complexity index is 753. The van der Waals surface area contributed by atoms with Gasteiger partial charge in [0.25, 0.3) is 0 Å². The molecule has 0 unspecified atom stereocenters. The standard InChI is InChI=1S/C21H31N3O2/c1-8-10-24(11-9-2)19-16(5)22-20(23-21(19)26-7)18-15(4)12-14(3)13-17(18)25-6/h12-13H,8-11H2,1-7H3. The van der Waals surface area contributed by atoms with Gasteiger partial charge >= 0.3 is 0 Å². The van der Waals surface area contributed by atoms with Gasteiger partial charge in [0.1, 0.15) is 11.4 Å². The van der Waals surface area contributed by atoms with Crippen LogP contribution >= 0.6 is 0 Å². The number of benzene rings is 1. The van der Waals surface area contributed by atoms with Crippen molar-refractivity contribution < 1.29 is 9.47 Å². The second-order valence-corrected chi connectivity index (χ2v) is 6.64. The topological polar surface area (TPSA) is 47.5 Å². The van der Waals surface area contributed by atoms with E-state index in [9.17, 15) is 0 Å². The summed E-state index contributed by atoms with van der Waals surface area (Å²) in [5, 5.41) is 0. The molecule has 0 saturated carbocycles. The summed E-state index contributed by atoms with van der Waals surface area (Å²) in [6, 6.07) is 4.14. The number of hydrogen-bond acceptors (Lipinski definition) is 5. The molecule has 2 rings (SSSR count). The van der Waals surface area contributed by atoms with Crippen molar-refractivity contribution in [1.82, 2.24) is 9.97 Å². The largest absolute Gasteiger partial charge is 0.496 e. The van der Waals surface area contributed by atoms with Gasteiger partial charge in [0, 0.05) is 13.1 Å².